The average Bonchev–Trinajstić information content (AvgIpc) is 2.61. The zero-order valence-corrected chi connectivity index (χ0v) is 16.6. The van der Waals surface area contributed by atoms with Gasteiger partial charge in [-0.25, -0.2) is 0 Å². The predicted molar refractivity (Wildman–Crippen MR) is 104 cm³/mol. The van der Waals surface area contributed by atoms with Crippen molar-refractivity contribution >= 4 is 0 Å². The van der Waals surface area contributed by atoms with Gasteiger partial charge in [-0.15, -0.1) is 0 Å². The molecule has 144 valence electrons. The lowest BCUT2D eigenvalue weighted by Crippen LogP contribution is -2.49. The lowest BCUT2D eigenvalue weighted by molar-refractivity contribution is -0.307. The summed E-state index contributed by atoms with van der Waals surface area (Å²) in [5.74, 6) is 0. The molecule has 2 aliphatic heterocycles. The third-order valence-corrected chi connectivity index (χ3v) is 5.20. The Morgan fingerprint density at radius 3 is 1.15 bits per heavy atom. The highest BCUT2D eigenvalue weighted by atomic mass is 16.7. The fourth-order valence-electron chi connectivity index (χ4n) is 4.03. The molecule has 2 saturated heterocycles. The monoisotopic (exact) mass is 368 g/mol. The third-order valence-electron chi connectivity index (χ3n) is 5.20. The largest absolute Gasteiger partial charge is 0.348 e. The highest BCUT2D eigenvalue weighted by molar-refractivity contribution is 5.30. The second kappa shape index (κ2) is 7.36. The summed E-state index contributed by atoms with van der Waals surface area (Å²) in [6, 6.07) is 12.8. The van der Waals surface area contributed by atoms with E-state index >= 15 is 0 Å². The quantitative estimate of drug-likeness (QED) is 0.770. The van der Waals surface area contributed by atoms with Crippen molar-refractivity contribution in [3.8, 4) is 0 Å². The predicted octanol–water partition coefficient (Wildman–Crippen LogP) is 4.70. The number of rotatable bonds is 2. The molecule has 2 fully saturated rings. The summed E-state index contributed by atoms with van der Waals surface area (Å²) in [7, 11) is 0. The average molecular weight is 368 g/mol. The van der Waals surface area contributed by atoms with Crippen LogP contribution in [0, 0.1) is 33.1 Å². The Kier molecular flexibility index (Phi) is 5.08. The molecule has 0 radical (unpaired) electrons. The Hall–Kier alpha value is -1.72. The van der Waals surface area contributed by atoms with Crippen LogP contribution in [0.15, 0.2) is 36.4 Å². The van der Waals surface area contributed by atoms with E-state index in [2.05, 4.69) is 64.1 Å². The van der Waals surface area contributed by atoms with Crippen molar-refractivity contribution in [1.82, 2.24) is 0 Å². The second-order valence-electron chi connectivity index (χ2n) is 8.25. The summed E-state index contributed by atoms with van der Waals surface area (Å²) in [4.78, 5) is 0. The molecule has 0 atom stereocenters. The van der Waals surface area contributed by atoms with E-state index in [1.54, 1.807) is 0 Å². The molecule has 0 aromatic heterocycles. The van der Waals surface area contributed by atoms with Crippen LogP contribution in [0.1, 0.15) is 46.0 Å². The molecule has 2 aromatic carbocycles. The fraction of sp³-hybridized carbons (Fsp3) is 0.478. The molecule has 2 aliphatic rings. The van der Waals surface area contributed by atoms with E-state index in [9.17, 15) is 0 Å². The van der Waals surface area contributed by atoms with Gasteiger partial charge in [0.15, 0.2) is 12.6 Å². The van der Waals surface area contributed by atoms with Crippen molar-refractivity contribution < 1.29 is 18.9 Å². The van der Waals surface area contributed by atoms with Crippen LogP contribution in [0.5, 0.6) is 0 Å². The van der Waals surface area contributed by atoms with Gasteiger partial charge in [0.25, 0.3) is 0 Å². The van der Waals surface area contributed by atoms with Crippen molar-refractivity contribution in [1.29, 1.82) is 0 Å². The number of hydrogen-bond acceptors (Lipinski definition) is 4. The number of hydrogen-bond donors (Lipinski definition) is 0. The van der Waals surface area contributed by atoms with Gasteiger partial charge >= 0.3 is 0 Å². The van der Waals surface area contributed by atoms with Crippen LogP contribution in [0.3, 0.4) is 0 Å². The highest BCUT2D eigenvalue weighted by Gasteiger charge is 2.42. The van der Waals surface area contributed by atoms with Crippen LogP contribution >= 0.6 is 0 Å². The first-order valence-corrected chi connectivity index (χ1v) is 9.55. The van der Waals surface area contributed by atoms with Gasteiger partial charge in [-0.1, -0.05) is 58.7 Å². The Morgan fingerprint density at radius 2 is 0.852 bits per heavy atom. The molecule has 4 rings (SSSR count). The van der Waals surface area contributed by atoms with E-state index in [-0.39, 0.29) is 18.0 Å². The van der Waals surface area contributed by atoms with Gasteiger partial charge in [0.05, 0.1) is 31.8 Å². The molecule has 0 unspecified atom stereocenters. The van der Waals surface area contributed by atoms with E-state index in [0.717, 1.165) is 11.1 Å². The molecule has 0 aliphatic carbocycles. The van der Waals surface area contributed by atoms with E-state index in [0.29, 0.717) is 26.4 Å². The van der Waals surface area contributed by atoms with Crippen LogP contribution < -0.4 is 0 Å². The molecule has 2 heterocycles. The van der Waals surface area contributed by atoms with E-state index in [1.807, 2.05) is 0 Å². The maximum absolute atomic E-state index is 6.06. The summed E-state index contributed by atoms with van der Waals surface area (Å²) in [5.41, 5.74) is 6.80. The molecule has 0 amide bonds. The minimum atomic E-state index is -0.314. The molecule has 4 heteroatoms. The summed E-state index contributed by atoms with van der Waals surface area (Å²) in [6.07, 6.45) is -0.627. The molecule has 4 nitrogen and oxygen atoms in total. The van der Waals surface area contributed by atoms with Crippen molar-refractivity contribution in [2.24, 2.45) is 5.41 Å². The van der Waals surface area contributed by atoms with Crippen LogP contribution in [0.4, 0.5) is 0 Å². The van der Waals surface area contributed by atoms with Crippen molar-refractivity contribution in [3.63, 3.8) is 0 Å². The topological polar surface area (TPSA) is 36.9 Å². The third kappa shape index (κ3) is 4.09. The minimum absolute atomic E-state index is 0.231. The molecular formula is C23H28O4. The standard InChI is InChI=1S/C23H28O4/c1-15-5-16(2)8-19(7-15)21-24-11-23(12-25-21)13-26-22(27-14-23)20-9-17(3)6-18(4)10-20/h5-10,21-22H,11-14H2,1-4H3. The summed E-state index contributed by atoms with van der Waals surface area (Å²) < 4.78 is 24.3. The summed E-state index contributed by atoms with van der Waals surface area (Å²) >= 11 is 0. The molecule has 0 N–H and O–H groups in total. The number of aryl methyl sites for hydroxylation is 4. The number of ether oxygens (including phenoxy) is 4. The molecule has 1 spiro atoms. The normalized spacial score (nSPS) is 28.4. The van der Waals surface area contributed by atoms with Gasteiger partial charge in [-0.2, -0.15) is 0 Å². The molecule has 0 saturated carbocycles. The maximum atomic E-state index is 6.06. The number of benzene rings is 2. The SMILES string of the molecule is Cc1cc(C)cc(C2OCC3(CO2)COC(c2cc(C)cc(C)c2)OC3)c1. The zero-order valence-electron chi connectivity index (χ0n) is 16.6. The fourth-order valence-corrected chi connectivity index (χ4v) is 4.03. The second-order valence-corrected chi connectivity index (χ2v) is 8.25. The van der Waals surface area contributed by atoms with Crippen LogP contribution in [0.25, 0.3) is 0 Å². The first-order valence-electron chi connectivity index (χ1n) is 9.55. The van der Waals surface area contributed by atoms with Crippen molar-refractivity contribution in [2.75, 3.05) is 26.4 Å². The first-order chi connectivity index (χ1) is 12.9. The lowest BCUT2D eigenvalue weighted by Gasteiger charge is -2.43. The van der Waals surface area contributed by atoms with Crippen molar-refractivity contribution in [2.45, 2.75) is 40.3 Å². The summed E-state index contributed by atoms with van der Waals surface area (Å²) in [6.45, 7) is 10.7. The smallest absolute Gasteiger partial charge is 0.183 e. The zero-order chi connectivity index (χ0) is 19.0. The van der Waals surface area contributed by atoms with E-state index < -0.39 is 0 Å². The molecule has 2 aromatic rings. The van der Waals surface area contributed by atoms with Gasteiger partial charge in [0, 0.05) is 11.1 Å². The lowest BCUT2D eigenvalue weighted by atomic mass is 9.90. The van der Waals surface area contributed by atoms with Crippen LogP contribution in [-0.2, 0) is 18.9 Å². The van der Waals surface area contributed by atoms with Gasteiger partial charge < -0.3 is 18.9 Å². The minimum Gasteiger partial charge on any atom is -0.348 e. The van der Waals surface area contributed by atoms with Crippen LogP contribution in [-0.4, -0.2) is 26.4 Å². The van der Waals surface area contributed by atoms with Gasteiger partial charge in [0.1, 0.15) is 0 Å². The Bertz CT molecular complexity index is 700. The van der Waals surface area contributed by atoms with E-state index in [1.165, 1.54) is 22.3 Å². The van der Waals surface area contributed by atoms with E-state index in [4.69, 9.17) is 18.9 Å². The van der Waals surface area contributed by atoms with Crippen molar-refractivity contribution in [3.05, 3.63) is 69.8 Å². The Morgan fingerprint density at radius 1 is 0.556 bits per heavy atom. The Labute approximate surface area is 161 Å². The molecule has 27 heavy (non-hydrogen) atoms. The maximum Gasteiger partial charge on any atom is 0.183 e. The van der Waals surface area contributed by atoms with Gasteiger partial charge in [-0.05, 0) is 27.7 Å². The summed E-state index contributed by atoms with van der Waals surface area (Å²) in [5, 5.41) is 0. The first kappa shape index (κ1) is 18.6. The van der Waals surface area contributed by atoms with Crippen LogP contribution in [0.2, 0.25) is 0 Å². The highest BCUT2D eigenvalue weighted by Crippen LogP contribution is 2.38. The molecular weight excluding hydrogens is 340 g/mol. The Balaban J connectivity index is 1.38. The molecule has 0 bridgehead atoms. The van der Waals surface area contributed by atoms with Gasteiger partial charge in [-0.3, -0.25) is 0 Å². The van der Waals surface area contributed by atoms with Gasteiger partial charge in [0.2, 0.25) is 0 Å².